The molecule has 0 aliphatic carbocycles. The molecule has 1 unspecified atom stereocenters. The molecule has 1 atom stereocenters. The fourth-order valence-corrected chi connectivity index (χ4v) is 2.30. The first-order chi connectivity index (χ1) is 11.2. The summed E-state index contributed by atoms with van der Waals surface area (Å²) in [6.45, 7) is 1.58. The van der Waals surface area contributed by atoms with E-state index in [9.17, 15) is 13.2 Å². The van der Waals surface area contributed by atoms with Gasteiger partial charge in [-0.05, 0) is 53.2 Å². The van der Waals surface area contributed by atoms with Crippen LogP contribution in [0.4, 0.5) is 13.2 Å². The standard InChI is InChI=1S/C16H10BrClF3NO2/c1-9(8-22)23-15-7-11(3-4-12(15)17)24-14-5-2-10(6-13(14)18)16(19,20)21/h2-7,9H,1H3. The summed E-state index contributed by atoms with van der Waals surface area (Å²) in [5.74, 6) is 0.746. The van der Waals surface area contributed by atoms with Gasteiger partial charge in [-0.2, -0.15) is 18.4 Å². The van der Waals surface area contributed by atoms with E-state index in [0.29, 0.717) is 16.0 Å². The van der Waals surface area contributed by atoms with Crippen LogP contribution < -0.4 is 9.47 Å². The van der Waals surface area contributed by atoms with E-state index < -0.39 is 17.8 Å². The van der Waals surface area contributed by atoms with E-state index in [1.807, 2.05) is 6.07 Å². The Balaban J connectivity index is 2.26. The van der Waals surface area contributed by atoms with Gasteiger partial charge in [0.1, 0.15) is 23.3 Å². The normalized spacial score (nSPS) is 12.4. The molecule has 0 saturated heterocycles. The lowest BCUT2D eigenvalue weighted by atomic mass is 10.2. The van der Waals surface area contributed by atoms with Crippen molar-refractivity contribution in [2.45, 2.75) is 19.2 Å². The number of nitrogens with zero attached hydrogens (tertiary/aromatic N) is 1. The molecule has 0 aromatic heterocycles. The van der Waals surface area contributed by atoms with Gasteiger partial charge in [0.2, 0.25) is 0 Å². The van der Waals surface area contributed by atoms with E-state index in [0.717, 1.165) is 18.2 Å². The maximum absolute atomic E-state index is 12.6. The second-order valence-electron chi connectivity index (χ2n) is 4.73. The van der Waals surface area contributed by atoms with Crippen molar-refractivity contribution in [3.63, 3.8) is 0 Å². The predicted octanol–water partition coefficient (Wildman–Crippen LogP) is 6.20. The topological polar surface area (TPSA) is 42.2 Å². The molecule has 2 aromatic carbocycles. The van der Waals surface area contributed by atoms with Gasteiger partial charge >= 0.3 is 6.18 Å². The molecule has 24 heavy (non-hydrogen) atoms. The molecule has 8 heteroatoms. The molecule has 0 aliphatic heterocycles. The summed E-state index contributed by atoms with van der Waals surface area (Å²) < 4.78 is 49.4. The van der Waals surface area contributed by atoms with Gasteiger partial charge in [-0.15, -0.1) is 0 Å². The quantitative estimate of drug-likeness (QED) is 0.591. The van der Waals surface area contributed by atoms with Gasteiger partial charge in [0, 0.05) is 6.07 Å². The van der Waals surface area contributed by atoms with Gasteiger partial charge in [0.15, 0.2) is 6.10 Å². The predicted molar refractivity (Wildman–Crippen MR) is 86.4 cm³/mol. The van der Waals surface area contributed by atoms with Crippen LogP contribution in [0.3, 0.4) is 0 Å². The zero-order chi connectivity index (χ0) is 17.9. The summed E-state index contributed by atoms with van der Waals surface area (Å²) in [4.78, 5) is 0. The van der Waals surface area contributed by atoms with Crippen molar-refractivity contribution in [2.75, 3.05) is 0 Å². The lowest BCUT2D eigenvalue weighted by Crippen LogP contribution is -2.08. The minimum absolute atomic E-state index is 0.0753. The molecule has 0 heterocycles. The molecule has 126 valence electrons. The molecule has 3 nitrogen and oxygen atoms in total. The van der Waals surface area contributed by atoms with Crippen LogP contribution in [0, 0.1) is 11.3 Å². The SMILES string of the molecule is CC(C#N)Oc1cc(Oc2ccc(C(F)(F)F)cc2Cl)ccc1Br. The van der Waals surface area contributed by atoms with Gasteiger partial charge in [-0.1, -0.05) is 11.6 Å². The first kappa shape index (κ1) is 18.4. The summed E-state index contributed by atoms with van der Waals surface area (Å²) >= 11 is 9.13. The monoisotopic (exact) mass is 419 g/mol. The smallest absolute Gasteiger partial charge is 0.416 e. The highest BCUT2D eigenvalue weighted by atomic mass is 79.9. The highest BCUT2D eigenvalue weighted by Gasteiger charge is 2.31. The number of hydrogen-bond donors (Lipinski definition) is 0. The lowest BCUT2D eigenvalue weighted by molar-refractivity contribution is -0.137. The van der Waals surface area contributed by atoms with Crippen LogP contribution in [-0.2, 0) is 6.18 Å². The first-order valence-electron chi connectivity index (χ1n) is 6.61. The molecule has 0 saturated carbocycles. The van der Waals surface area contributed by atoms with E-state index in [2.05, 4.69) is 15.9 Å². The zero-order valence-corrected chi connectivity index (χ0v) is 14.5. The molecule has 0 N–H and O–H groups in total. The van der Waals surface area contributed by atoms with E-state index in [4.69, 9.17) is 26.3 Å². The number of ether oxygens (including phenoxy) is 2. The summed E-state index contributed by atoms with van der Waals surface area (Å²) in [6, 6.07) is 9.48. The highest BCUT2D eigenvalue weighted by molar-refractivity contribution is 9.10. The van der Waals surface area contributed by atoms with Crippen LogP contribution in [0.2, 0.25) is 5.02 Å². The summed E-state index contributed by atoms with van der Waals surface area (Å²) in [6.07, 6.45) is -5.15. The van der Waals surface area contributed by atoms with E-state index >= 15 is 0 Å². The number of halogens is 5. The Morgan fingerprint density at radius 2 is 1.88 bits per heavy atom. The number of benzene rings is 2. The molecule has 0 radical (unpaired) electrons. The molecule has 0 fully saturated rings. The van der Waals surface area contributed by atoms with Crippen LogP contribution in [0.15, 0.2) is 40.9 Å². The van der Waals surface area contributed by atoms with Crippen molar-refractivity contribution in [3.05, 3.63) is 51.5 Å². The number of rotatable bonds is 4. The van der Waals surface area contributed by atoms with Crippen molar-refractivity contribution >= 4 is 27.5 Å². The van der Waals surface area contributed by atoms with Crippen molar-refractivity contribution in [3.8, 4) is 23.3 Å². The largest absolute Gasteiger partial charge is 0.475 e. The average Bonchev–Trinajstić information content (AvgIpc) is 2.51. The molecule has 0 spiro atoms. The minimum atomic E-state index is -4.48. The van der Waals surface area contributed by atoms with Gasteiger partial charge in [0.25, 0.3) is 0 Å². The van der Waals surface area contributed by atoms with Crippen LogP contribution >= 0.6 is 27.5 Å². The Labute approximate surface area is 149 Å². The van der Waals surface area contributed by atoms with Gasteiger partial charge in [-0.25, -0.2) is 0 Å². The number of alkyl halides is 3. The van der Waals surface area contributed by atoms with Crippen LogP contribution in [-0.4, -0.2) is 6.10 Å². The Bertz CT molecular complexity index is 790. The third-order valence-corrected chi connectivity index (χ3v) is 3.83. The van der Waals surface area contributed by atoms with Gasteiger partial charge in [-0.3, -0.25) is 0 Å². The second kappa shape index (κ2) is 7.32. The molecule has 2 rings (SSSR count). The van der Waals surface area contributed by atoms with Crippen LogP contribution in [0.5, 0.6) is 17.2 Å². The summed E-state index contributed by atoms with van der Waals surface area (Å²) in [5.41, 5.74) is -0.859. The van der Waals surface area contributed by atoms with Crippen molar-refractivity contribution in [1.82, 2.24) is 0 Å². The molecule has 0 amide bonds. The van der Waals surface area contributed by atoms with Gasteiger partial charge < -0.3 is 9.47 Å². The first-order valence-corrected chi connectivity index (χ1v) is 7.78. The van der Waals surface area contributed by atoms with Crippen LogP contribution in [0.1, 0.15) is 12.5 Å². The van der Waals surface area contributed by atoms with Crippen molar-refractivity contribution in [2.24, 2.45) is 0 Å². The third-order valence-electron chi connectivity index (χ3n) is 2.88. The highest BCUT2D eigenvalue weighted by Crippen LogP contribution is 2.38. The molecule has 0 bridgehead atoms. The maximum atomic E-state index is 12.6. The second-order valence-corrected chi connectivity index (χ2v) is 5.99. The average molecular weight is 421 g/mol. The Hall–Kier alpha value is -1.91. The van der Waals surface area contributed by atoms with Gasteiger partial charge in [0.05, 0.1) is 15.1 Å². The summed E-state index contributed by atoms with van der Waals surface area (Å²) in [7, 11) is 0. The lowest BCUT2D eigenvalue weighted by Gasteiger charge is -2.13. The maximum Gasteiger partial charge on any atom is 0.416 e. The van der Waals surface area contributed by atoms with Crippen molar-refractivity contribution in [1.29, 1.82) is 5.26 Å². The van der Waals surface area contributed by atoms with Crippen molar-refractivity contribution < 1.29 is 22.6 Å². The molecular formula is C16H10BrClF3NO2. The number of hydrogen-bond acceptors (Lipinski definition) is 3. The summed E-state index contributed by atoms with van der Waals surface area (Å²) in [5, 5.41) is 8.62. The fourth-order valence-electron chi connectivity index (χ4n) is 1.74. The Kier molecular flexibility index (Phi) is 5.62. The molecular weight excluding hydrogens is 411 g/mol. The minimum Gasteiger partial charge on any atom is -0.475 e. The fraction of sp³-hybridized carbons (Fsp3) is 0.188. The van der Waals surface area contributed by atoms with Crippen LogP contribution in [0.25, 0.3) is 0 Å². The third kappa shape index (κ3) is 4.56. The number of nitriles is 1. The van der Waals surface area contributed by atoms with E-state index in [-0.39, 0.29) is 10.8 Å². The Morgan fingerprint density at radius 1 is 1.17 bits per heavy atom. The zero-order valence-electron chi connectivity index (χ0n) is 12.2. The molecule has 2 aromatic rings. The molecule has 0 aliphatic rings. The van der Waals surface area contributed by atoms with E-state index in [1.165, 1.54) is 6.07 Å². The Morgan fingerprint density at radius 3 is 2.46 bits per heavy atom. The van der Waals surface area contributed by atoms with E-state index in [1.54, 1.807) is 19.1 Å².